The van der Waals surface area contributed by atoms with E-state index in [4.69, 9.17) is 16.2 Å². The number of hydrogen-bond acceptors (Lipinski definition) is 3. The lowest BCUT2D eigenvalue weighted by Crippen LogP contribution is -2.10. The fourth-order valence-electron chi connectivity index (χ4n) is 1.40. The number of anilines is 1. The quantitative estimate of drug-likeness (QED) is 0.562. The minimum absolute atomic E-state index is 0.0112. The zero-order chi connectivity index (χ0) is 8.72. The van der Waals surface area contributed by atoms with Gasteiger partial charge in [-0.05, 0) is 24.6 Å². The van der Waals surface area contributed by atoms with Gasteiger partial charge >= 0.3 is 0 Å². The van der Waals surface area contributed by atoms with Crippen LogP contribution in [0.5, 0.6) is 5.75 Å². The normalized spacial score (nSPS) is 20.3. The Morgan fingerprint density at radius 2 is 2.25 bits per heavy atom. The number of nitrogen functional groups attached to an aromatic ring is 1. The Balaban J connectivity index is 2.56. The number of ether oxygens (including phenoxy) is 1. The third kappa shape index (κ3) is 0.940. The first-order valence-electron chi connectivity index (χ1n) is 3.97. The van der Waals surface area contributed by atoms with Crippen molar-refractivity contribution >= 4 is 5.69 Å². The molecule has 12 heavy (non-hydrogen) atoms. The van der Waals surface area contributed by atoms with Crippen LogP contribution < -0.4 is 16.2 Å². The lowest BCUT2D eigenvalue weighted by Gasteiger charge is -2.04. The van der Waals surface area contributed by atoms with E-state index in [1.807, 2.05) is 19.1 Å². The summed E-state index contributed by atoms with van der Waals surface area (Å²) in [5.41, 5.74) is 14.4. The van der Waals surface area contributed by atoms with E-state index >= 15 is 0 Å². The molecular weight excluding hydrogens is 152 g/mol. The summed E-state index contributed by atoms with van der Waals surface area (Å²) in [6, 6.07) is 3.84. The fraction of sp³-hybridized carbons (Fsp3) is 0.333. The van der Waals surface area contributed by atoms with Crippen molar-refractivity contribution in [3.05, 3.63) is 23.3 Å². The van der Waals surface area contributed by atoms with Gasteiger partial charge in [0.15, 0.2) is 0 Å². The highest BCUT2D eigenvalue weighted by Gasteiger charge is 2.21. The van der Waals surface area contributed by atoms with Crippen LogP contribution in [0.4, 0.5) is 5.69 Å². The maximum atomic E-state index is 5.78. The van der Waals surface area contributed by atoms with Gasteiger partial charge in [-0.15, -0.1) is 0 Å². The molecular formula is C9H12N2O. The maximum absolute atomic E-state index is 5.78. The van der Waals surface area contributed by atoms with Gasteiger partial charge in [-0.1, -0.05) is 0 Å². The van der Waals surface area contributed by atoms with E-state index in [9.17, 15) is 0 Å². The summed E-state index contributed by atoms with van der Waals surface area (Å²) in [4.78, 5) is 0. The van der Waals surface area contributed by atoms with Gasteiger partial charge in [0, 0.05) is 11.3 Å². The molecule has 0 amide bonds. The molecule has 0 saturated carbocycles. The number of benzene rings is 1. The van der Waals surface area contributed by atoms with Crippen molar-refractivity contribution in [3.63, 3.8) is 0 Å². The van der Waals surface area contributed by atoms with Crippen LogP contribution >= 0.6 is 0 Å². The van der Waals surface area contributed by atoms with E-state index in [1.54, 1.807) is 0 Å². The molecule has 0 fully saturated rings. The number of aryl methyl sites for hydroxylation is 1. The highest BCUT2D eigenvalue weighted by Crippen LogP contribution is 2.33. The van der Waals surface area contributed by atoms with E-state index in [-0.39, 0.29) is 6.04 Å². The minimum atomic E-state index is -0.0112. The zero-order valence-electron chi connectivity index (χ0n) is 7.00. The van der Waals surface area contributed by atoms with Gasteiger partial charge in [-0.3, -0.25) is 0 Å². The first kappa shape index (κ1) is 7.43. The SMILES string of the molecule is Cc1cc2c(cc1N)[C@H](N)CO2. The average Bonchev–Trinajstić information content (AvgIpc) is 2.35. The molecule has 4 N–H and O–H groups in total. The largest absolute Gasteiger partial charge is 0.491 e. The van der Waals surface area contributed by atoms with Gasteiger partial charge in [-0.25, -0.2) is 0 Å². The summed E-state index contributed by atoms with van der Waals surface area (Å²) in [7, 11) is 0. The number of fused-ring (bicyclic) bond motifs is 1. The minimum Gasteiger partial charge on any atom is -0.491 e. The molecule has 3 nitrogen and oxygen atoms in total. The van der Waals surface area contributed by atoms with Crippen LogP contribution in [0.2, 0.25) is 0 Å². The molecule has 2 rings (SSSR count). The molecule has 1 aromatic carbocycles. The van der Waals surface area contributed by atoms with Crippen LogP contribution in [0.1, 0.15) is 17.2 Å². The van der Waals surface area contributed by atoms with Crippen LogP contribution in [0, 0.1) is 6.92 Å². The third-order valence-corrected chi connectivity index (χ3v) is 2.22. The molecule has 3 heteroatoms. The Morgan fingerprint density at radius 3 is 3.00 bits per heavy atom. The summed E-state index contributed by atoms with van der Waals surface area (Å²) in [5, 5.41) is 0. The van der Waals surface area contributed by atoms with Gasteiger partial charge in [0.1, 0.15) is 12.4 Å². The second-order valence-electron chi connectivity index (χ2n) is 3.16. The van der Waals surface area contributed by atoms with Crippen LogP contribution in [0.3, 0.4) is 0 Å². The van der Waals surface area contributed by atoms with Gasteiger partial charge in [0.2, 0.25) is 0 Å². The Kier molecular flexibility index (Phi) is 1.48. The topological polar surface area (TPSA) is 61.3 Å². The molecule has 1 aliphatic heterocycles. The highest BCUT2D eigenvalue weighted by atomic mass is 16.5. The number of rotatable bonds is 0. The molecule has 0 unspecified atom stereocenters. The van der Waals surface area contributed by atoms with Crippen molar-refractivity contribution in [1.29, 1.82) is 0 Å². The lowest BCUT2D eigenvalue weighted by atomic mass is 10.1. The monoisotopic (exact) mass is 164 g/mol. The van der Waals surface area contributed by atoms with Crippen LogP contribution in [-0.2, 0) is 0 Å². The van der Waals surface area contributed by atoms with E-state index in [0.29, 0.717) is 6.61 Å². The second kappa shape index (κ2) is 2.38. The molecule has 0 aromatic heterocycles. The average molecular weight is 164 g/mol. The third-order valence-electron chi connectivity index (χ3n) is 2.22. The van der Waals surface area contributed by atoms with Crippen LogP contribution in [0.25, 0.3) is 0 Å². The van der Waals surface area contributed by atoms with Gasteiger partial charge in [0.25, 0.3) is 0 Å². The van der Waals surface area contributed by atoms with Crippen molar-refractivity contribution in [2.24, 2.45) is 5.73 Å². The number of nitrogens with two attached hydrogens (primary N) is 2. The van der Waals surface area contributed by atoms with Gasteiger partial charge in [0.05, 0.1) is 6.04 Å². The summed E-state index contributed by atoms with van der Waals surface area (Å²) in [6.45, 7) is 2.53. The molecule has 64 valence electrons. The van der Waals surface area contributed by atoms with Crippen molar-refractivity contribution in [3.8, 4) is 5.75 Å². The summed E-state index contributed by atoms with van der Waals surface area (Å²) in [6.07, 6.45) is 0. The molecule has 1 aromatic rings. The number of hydrogen-bond donors (Lipinski definition) is 2. The molecule has 1 aliphatic rings. The summed E-state index contributed by atoms with van der Waals surface area (Å²) >= 11 is 0. The standard InChI is InChI=1S/C9H12N2O/c1-5-2-9-6(3-7(5)10)8(11)4-12-9/h2-3,8H,4,10-11H2,1H3/t8-/m1/s1. The predicted octanol–water partition coefficient (Wildman–Crippen LogP) is 0.969. The molecule has 0 saturated heterocycles. The maximum Gasteiger partial charge on any atom is 0.124 e. The predicted molar refractivity (Wildman–Crippen MR) is 48.0 cm³/mol. The Morgan fingerprint density at radius 1 is 1.50 bits per heavy atom. The van der Waals surface area contributed by atoms with E-state index in [2.05, 4.69) is 0 Å². The first-order valence-corrected chi connectivity index (χ1v) is 3.97. The molecule has 1 atom stereocenters. The van der Waals surface area contributed by atoms with Crippen molar-refractivity contribution in [1.82, 2.24) is 0 Å². The van der Waals surface area contributed by atoms with Crippen molar-refractivity contribution in [2.75, 3.05) is 12.3 Å². The zero-order valence-corrected chi connectivity index (χ0v) is 7.00. The van der Waals surface area contributed by atoms with Gasteiger partial charge in [-0.2, -0.15) is 0 Å². The van der Waals surface area contributed by atoms with Crippen LogP contribution in [0.15, 0.2) is 12.1 Å². The molecule has 0 radical (unpaired) electrons. The Bertz CT molecular complexity index is 323. The van der Waals surface area contributed by atoms with Crippen molar-refractivity contribution < 1.29 is 4.74 Å². The van der Waals surface area contributed by atoms with Crippen molar-refractivity contribution in [2.45, 2.75) is 13.0 Å². The summed E-state index contributed by atoms with van der Waals surface area (Å²) < 4.78 is 5.37. The molecule has 1 heterocycles. The lowest BCUT2D eigenvalue weighted by molar-refractivity contribution is 0.333. The summed E-state index contributed by atoms with van der Waals surface area (Å²) in [5.74, 6) is 0.884. The molecule has 0 spiro atoms. The van der Waals surface area contributed by atoms with E-state index in [0.717, 1.165) is 22.6 Å². The smallest absolute Gasteiger partial charge is 0.124 e. The highest BCUT2D eigenvalue weighted by molar-refractivity contribution is 5.56. The fourth-order valence-corrected chi connectivity index (χ4v) is 1.40. The molecule has 0 bridgehead atoms. The van der Waals surface area contributed by atoms with E-state index in [1.165, 1.54) is 0 Å². The van der Waals surface area contributed by atoms with E-state index < -0.39 is 0 Å². The van der Waals surface area contributed by atoms with Gasteiger partial charge < -0.3 is 16.2 Å². The Hall–Kier alpha value is -1.22. The second-order valence-corrected chi connectivity index (χ2v) is 3.16. The van der Waals surface area contributed by atoms with Crippen LogP contribution in [-0.4, -0.2) is 6.61 Å². The first-order chi connectivity index (χ1) is 5.68. The Labute approximate surface area is 71.3 Å². The molecule has 0 aliphatic carbocycles.